The molecule has 0 saturated heterocycles. The molecule has 1 atom stereocenters. The van der Waals surface area contributed by atoms with E-state index in [2.05, 4.69) is 19.2 Å². The number of aryl methyl sites for hydroxylation is 1. The Morgan fingerprint density at radius 1 is 1.15 bits per heavy atom. The molecule has 26 heavy (non-hydrogen) atoms. The lowest BCUT2D eigenvalue weighted by Crippen LogP contribution is -2.30. The van der Waals surface area contributed by atoms with E-state index >= 15 is 0 Å². The van der Waals surface area contributed by atoms with Crippen molar-refractivity contribution in [2.75, 3.05) is 5.32 Å². The smallest absolute Gasteiger partial charge is 0.274 e. The molecule has 1 N–H and O–H groups in total. The standard InChI is InChI=1S/C20H24N2O4/c1-12(2)16-10-9-13(3)11-19(16)26-15(5)20(23)21-17-7-6-8-18(14(17)4)22(24)25/h6-12,15H,1-5H3,(H,21,23)/t15-/m0/s1. The number of ether oxygens (including phenoxy) is 1. The molecule has 2 aromatic carbocycles. The van der Waals surface area contributed by atoms with E-state index in [1.165, 1.54) is 6.07 Å². The van der Waals surface area contributed by atoms with Crippen molar-refractivity contribution in [3.05, 3.63) is 63.2 Å². The number of benzene rings is 2. The molecule has 6 heteroatoms. The van der Waals surface area contributed by atoms with Gasteiger partial charge in [0.2, 0.25) is 0 Å². The number of nitro groups is 1. The predicted octanol–water partition coefficient (Wildman–Crippen LogP) is 4.74. The molecule has 0 unspecified atom stereocenters. The normalized spacial score (nSPS) is 11.9. The molecule has 2 aromatic rings. The van der Waals surface area contributed by atoms with Gasteiger partial charge < -0.3 is 10.1 Å². The summed E-state index contributed by atoms with van der Waals surface area (Å²) in [5.74, 6) is 0.586. The van der Waals surface area contributed by atoms with Crippen molar-refractivity contribution in [2.45, 2.75) is 46.6 Å². The summed E-state index contributed by atoms with van der Waals surface area (Å²) in [6.07, 6.45) is -0.743. The highest BCUT2D eigenvalue weighted by Crippen LogP contribution is 2.29. The van der Waals surface area contributed by atoms with Gasteiger partial charge in [0.15, 0.2) is 6.10 Å². The number of nitro benzene ring substituents is 1. The summed E-state index contributed by atoms with van der Waals surface area (Å²) in [6.45, 7) is 9.36. The van der Waals surface area contributed by atoms with Crippen LogP contribution in [0.15, 0.2) is 36.4 Å². The Hall–Kier alpha value is -2.89. The van der Waals surface area contributed by atoms with E-state index in [1.54, 1.807) is 26.0 Å². The SMILES string of the molecule is Cc1ccc(C(C)C)c(O[C@@H](C)C(=O)Nc2cccc([N+](=O)[O-])c2C)c1. The molecule has 0 radical (unpaired) electrons. The molecule has 138 valence electrons. The van der Waals surface area contributed by atoms with Crippen LogP contribution < -0.4 is 10.1 Å². The Morgan fingerprint density at radius 2 is 1.85 bits per heavy atom. The minimum absolute atomic E-state index is 0.0304. The van der Waals surface area contributed by atoms with Gasteiger partial charge in [-0.2, -0.15) is 0 Å². The van der Waals surface area contributed by atoms with E-state index in [0.29, 0.717) is 17.0 Å². The first kappa shape index (κ1) is 19.4. The Bertz CT molecular complexity index is 831. The summed E-state index contributed by atoms with van der Waals surface area (Å²) in [7, 11) is 0. The van der Waals surface area contributed by atoms with Crippen LogP contribution in [0, 0.1) is 24.0 Å². The zero-order valence-corrected chi connectivity index (χ0v) is 15.7. The Kier molecular flexibility index (Phi) is 5.97. The van der Waals surface area contributed by atoms with Crippen LogP contribution in [0.1, 0.15) is 43.4 Å². The summed E-state index contributed by atoms with van der Waals surface area (Å²) in [5.41, 5.74) is 2.87. The summed E-state index contributed by atoms with van der Waals surface area (Å²) in [5, 5.41) is 13.8. The van der Waals surface area contributed by atoms with Gasteiger partial charge in [-0.1, -0.05) is 32.0 Å². The third-order valence-electron chi connectivity index (χ3n) is 4.22. The van der Waals surface area contributed by atoms with Crippen LogP contribution >= 0.6 is 0 Å². The number of carbonyl (C=O) groups is 1. The fourth-order valence-electron chi connectivity index (χ4n) is 2.66. The minimum atomic E-state index is -0.743. The quantitative estimate of drug-likeness (QED) is 0.598. The van der Waals surface area contributed by atoms with E-state index < -0.39 is 11.0 Å². The summed E-state index contributed by atoms with van der Waals surface area (Å²) in [6, 6.07) is 10.5. The number of amides is 1. The molecule has 0 fully saturated rings. The van der Waals surface area contributed by atoms with Crippen LogP contribution in [0.5, 0.6) is 5.75 Å². The van der Waals surface area contributed by atoms with E-state index in [-0.39, 0.29) is 17.5 Å². The van der Waals surface area contributed by atoms with Crippen molar-refractivity contribution in [1.29, 1.82) is 0 Å². The molecule has 0 spiro atoms. The van der Waals surface area contributed by atoms with Crippen molar-refractivity contribution >= 4 is 17.3 Å². The molecule has 0 saturated carbocycles. The van der Waals surface area contributed by atoms with E-state index in [0.717, 1.165) is 11.1 Å². The molecule has 0 aliphatic carbocycles. The average molecular weight is 356 g/mol. The van der Waals surface area contributed by atoms with Crippen molar-refractivity contribution in [3.63, 3.8) is 0 Å². The van der Waals surface area contributed by atoms with E-state index in [1.807, 2.05) is 25.1 Å². The third kappa shape index (κ3) is 4.39. The van der Waals surface area contributed by atoms with Crippen LogP contribution in [0.25, 0.3) is 0 Å². The molecule has 0 aliphatic heterocycles. The molecule has 6 nitrogen and oxygen atoms in total. The van der Waals surface area contributed by atoms with Gasteiger partial charge in [0.05, 0.1) is 16.2 Å². The van der Waals surface area contributed by atoms with Gasteiger partial charge in [0, 0.05) is 6.07 Å². The molecule has 0 bridgehead atoms. The van der Waals surface area contributed by atoms with Gasteiger partial charge in [-0.3, -0.25) is 14.9 Å². The fourth-order valence-corrected chi connectivity index (χ4v) is 2.66. The van der Waals surface area contributed by atoms with Gasteiger partial charge in [0.25, 0.3) is 11.6 Å². The first-order valence-electron chi connectivity index (χ1n) is 8.52. The van der Waals surface area contributed by atoms with Gasteiger partial charge in [0.1, 0.15) is 5.75 Å². The zero-order chi connectivity index (χ0) is 19.4. The van der Waals surface area contributed by atoms with Crippen molar-refractivity contribution in [2.24, 2.45) is 0 Å². The van der Waals surface area contributed by atoms with Crippen LogP contribution in [0.4, 0.5) is 11.4 Å². The lowest BCUT2D eigenvalue weighted by molar-refractivity contribution is -0.385. The number of hydrogen-bond donors (Lipinski definition) is 1. The maximum atomic E-state index is 12.5. The van der Waals surface area contributed by atoms with Crippen molar-refractivity contribution < 1.29 is 14.5 Å². The molecular weight excluding hydrogens is 332 g/mol. The number of hydrogen-bond acceptors (Lipinski definition) is 4. The molecule has 1 amide bonds. The van der Waals surface area contributed by atoms with E-state index in [9.17, 15) is 14.9 Å². The lowest BCUT2D eigenvalue weighted by atomic mass is 10.0. The average Bonchev–Trinajstić information content (AvgIpc) is 2.56. The largest absolute Gasteiger partial charge is 0.481 e. The third-order valence-corrected chi connectivity index (χ3v) is 4.22. The highest BCUT2D eigenvalue weighted by molar-refractivity contribution is 5.95. The first-order chi connectivity index (χ1) is 12.2. The second-order valence-corrected chi connectivity index (χ2v) is 6.65. The summed E-state index contributed by atoms with van der Waals surface area (Å²) < 4.78 is 5.89. The van der Waals surface area contributed by atoms with Crippen molar-refractivity contribution in [1.82, 2.24) is 0 Å². The van der Waals surface area contributed by atoms with Crippen LogP contribution in [0.2, 0.25) is 0 Å². The fraction of sp³-hybridized carbons (Fsp3) is 0.350. The highest BCUT2D eigenvalue weighted by Gasteiger charge is 2.20. The number of anilines is 1. The number of nitrogens with zero attached hydrogens (tertiary/aromatic N) is 1. The topological polar surface area (TPSA) is 81.5 Å². The Labute approximate surface area is 153 Å². The second-order valence-electron chi connectivity index (χ2n) is 6.65. The van der Waals surface area contributed by atoms with Gasteiger partial charge >= 0.3 is 0 Å². The maximum Gasteiger partial charge on any atom is 0.274 e. The van der Waals surface area contributed by atoms with Gasteiger partial charge in [-0.05, 0) is 49.9 Å². The minimum Gasteiger partial charge on any atom is -0.481 e. The lowest BCUT2D eigenvalue weighted by Gasteiger charge is -2.19. The first-order valence-corrected chi connectivity index (χ1v) is 8.52. The predicted molar refractivity (Wildman–Crippen MR) is 102 cm³/mol. The highest BCUT2D eigenvalue weighted by atomic mass is 16.6. The van der Waals surface area contributed by atoms with Crippen LogP contribution in [-0.2, 0) is 4.79 Å². The van der Waals surface area contributed by atoms with Crippen LogP contribution in [0.3, 0.4) is 0 Å². The van der Waals surface area contributed by atoms with E-state index in [4.69, 9.17) is 4.74 Å². The molecule has 0 aliphatic rings. The molecule has 0 heterocycles. The molecule has 0 aromatic heterocycles. The van der Waals surface area contributed by atoms with Crippen molar-refractivity contribution in [3.8, 4) is 5.75 Å². The Balaban J connectivity index is 2.18. The number of rotatable bonds is 6. The summed E-state index contributed by atoms with van der Waals surface area (Å²) in [4.78, 5) is 23.1. The summed E-state index contributed by atoms with van der Waals surface area (Å²) >= 11 is 0. The number of carbonyl (C=O) groups excluding carboxylic acids is 1. The zero-order valence-electron chi connectivity index (χ0n) is 15.7. The second kappa shape index (κ2) is 7.99. The molecular formula is C20H24N2O4. The monoisotopic (exact) mass is 356 g/mol. The molecule has 2 rings (SSSR count). The number of nitrogens with one attached hydrogen (secondary N) is 1. The van der Waals surface area contributed by atoms with Gasteiger partial charge in [-0.25, -0.2) is 0 Å². The van der Waals surface area contributed by atoms with Gasteiger partial charge in [-0.15, -0.1) is 0 Å². The van der Waals surface area contributed by atoms with Crippen LogP contribution in [-0.4, -0.2) is 16.9 Å². The maximum absolute atomic E-state index is 12.5. The Morgan fingerprint density at radius 3 is 2.46 bits per heavy atom.